The van der Waals surface area contributed by atoms with Crippen molar-refractivity contribution in [2.75, 3.05) is 20.0 Å². The molecule has 0 unspecified atom stereocenters. The summed E-state index contributed by atoms with van der Waals surface area (Å²) in [4.78, 5) is 17.5. The van der Waals surface area contributed by atoms with Crippen molar-refractivity contribution in [2.24, 2.45) is 10.3 Å². The molecule has 24 heavy (non-hydrogen) atoms. The normalized spacial score (nSPS) is 11.5. The zero-order valence-corrected chi connectivity index (χ0v) is 13.8. The first kappa shape index (κ1) is 17.2. The van der Waals surface area contributed by atoms with Crippen molar-refractivity contribution in [1.82, 2.24) is 9.97 Å². The van der Waals surface area contributed by atoms with Gasteiger partial charge in [-0.25, -0.2) is 9.97 Å². The van der Waals surface area contributed by atoms with Gasteiger partial charge in [-0.15, -0.1) is 0 Å². The first-order valence-electron chi connectivity index (χ1n) is 7.24. The van der Waals surface area contributed by atoms with Crippen LogP contribution in [-0.2, 0) is 9.68 Å². The minimum absolute atomic E-state index is 0.248. The van der Waals surface area contributed by atoms with Crippen LogP contribution >= 0.6 is 0 Å². The average molecular weight is 329 g/mol. The summed E-state index contributed by atoms with van der Waals surface area (Å²) >= 11 is 0. The molecule has 1 aromatic heterocycles. The number of anilines is 1. The van der Waals surface area contributed by atoms with Gasteiger partial charge in [0.2, 0.25) is 5.88 Å². The monoisotopic (exact) mass is 329 g/mol. The van der Waals surface area contributed by atoms with Gasteiger partial charge in [0.15, 0.2) is 0 Å². The lowest BCUT2D eigenvalue weighted by molar-refractivity contribution is 0.213. The Labute approximate surface area is 139 Å². The molecule has 0 spiro atoms. The van der Waals surface area contributed by atoms with Crippen molar-refractivity contribution in [1.29, 1.82) is 0 Å². The van der Waals surface area contributed by atoms with Crippen LogP contribution in [0.5, 0.6) is 11.6 Å². The minimum Gasteiger partial charge on any atom is -0.438 e. The maximum atomic E-state index is 5.82. The second-order valence-corrected chi connectivity index (χ2v) is 4.60. The SMILES string of the molecule is CC/C(=N/OC)c1ccc(Oc2ncnc(N)c2/C=N\OC)cc1. The van der Waals surface area contributed by atoms with Crippen LogP contribution < -0.4 is 10.5 Å². The number of nitrogens with zero attached hydrogens (tertiary/aromatic N) is 4. The van der Waals surface area contributed by atoms with Crippen LogP contribution in [0, 0.1) is 0 Å². The highest BCUT2D eigenvalue weighted by atomic mass is 16.6. The molecule has 0 radical (unpaired) electrons. The van der Waals surface area contributed by atoms with Crippen LogP contribution in [0.1, 0.15) is 24.5 Å². The molecule has 0 bridgehead atoms. The van der Waals surface area contributed by atoms with Gasteiger partial charge in [0.05, 0.1) is 11.9 Å². The summed E-state index contributed by atoms with van der Waals surface area (Å²) in [7, 11) is 2.96. The van der Waals surface area contributed by atoms with E-state index in [-0.39, 0.29) is 11.7 Å². The zero-order chi connectivity index (χ0) is 17.4. The number of oxime groups is 2. The molecule has 8 nitrogen and oxygen atoms in total. The standard InChI is InChI=1S/C16H19N5O3/c1-4-14(21-23-3)11-5-7-12(8-6-11)24-16-13(9-20-22-2)15(17)18-10-19-16/h5-10H,4H2,1-3H3,(H2,17,18,19)/b20-9-,21-14-. The molecule has 1 aromatic carbocycles. The fourth-order valence-electron chi connectivity index (χ4n) is 1.96. The van der Waals surface area contributed by atoms with E-state index in [1.165, 1.54) is 26.8 Å². The summed E-state index contributed by atoms with van der Waals surface area (Å²) in [5.74, 6) is 1.13. The Hall–Kier alpha value is -3.16. The predicted molar refractivity (Wildman–Crippen MR) is 91.4 cm³/mol. The third-order valence-corrected chi connectivity index (χ3v) is 3.10. The van der Waals surface area contributed by atoms with Crippen molar-refractivity contribution in [3.63, 3.8) is 0 Å². The number of rotatable bonds is 7. The topological polar surface area (TPSA) is 104 Å². The molecule has 1 heterocycles. The highest BCUT2D eigenvalue weighted by Crippen LogP contribution is 2.25. The predicted octanol–water partition coefficient (Wildman–Crippen LogP) is 2.59. The van der Waals surface area contributed by atoms with Crippen LogP contribution in [-0.4, -0.2) is 36.1 Å². The largest absolute Gasteiger partial charge is 0.438 e. The number of nitrogens with two attached hydrogens (primary N) is 1. The molecule has 2 N–H and O–H groups in total. The van der Waals surface area contributed by atoms with Crippen molar-refractivity contribution >= 4 is 17.7 Å². The fourth-order valence-corrected chi connectivity index (χ4v) is 1.96. The van der Waals surface area contributed by atoms with Gasteiger partial charge in [-0.3, -0.25) is 0 Å². The third-order valence-electron chi connectivity index (χ3n) is 3.10. The molecule has 0 saturated carbocycles. The van der Waals surface area contributed by atoms with Gasteiger partial charge in [-0.1, -0.05) is 17.2 Å². The van der Waals surface area contributed by atoms with Gasteiger partial charge in [-0.2, -0.15) is 0 Å². The molecule has 0 aliphatic heterocycles. The number of benzene rings is 1. The summed E-state index contributed by atoms with van der Waals surface area (Å²) in [6.45, 7) is 2.01. The molecule has 2 rings (SSSR count). The van der Waals surface area contributed by atoms with Crippen molar-refractivity contribution in [2.45, 2.75) is 13.3 Å². The van der Waals surface area contributed by atoms with E-state index in [0.717, 1.165) is 17.7 Å². The number of aromatic nitrogens is 2. The van der Waals surface area contributed by atoms with Crippen molar-refractivity contribution in [3.8, 4) is 11.6 Å². The third kappa shape index (κ3) is 4.19. The van der Waals surface area contributed by atoms with E-state index in [4.69, 9.17) is 15.3 Å². The number of nitrogen functional groups attached to an aromatic ring is 1. The molecule has 8 heteroatoms. The van der Waals surface area contributed by atoms with Gasteiger partial charge >= 0.3 is 0 Å². The quantitative estimate of drug-likeness (QED) is 0.618. The lowest BCUT2D eigenvalue weighted by atomic mass is 10.1. The van der Waals surface area contributed by atoms with E-state index in [1.54, 1.807) is 0 Å². The molecule has 2 aromatic rings. The fraction of sp³-hybridized carbons (Fsp3) is 0.250. The van der Waals surface area contributed by atoms with E-state index in [0.29, 0.717) is 11.3 Å². The second-order valence-electron chi connectivity index (χ2n) is 4.60. The molecule has 0 aliphatic rings. The van der Waals surface area contributed by atoms with Crippen molar-refractivity contribution in [3.05, 3.63) is 41.7 Å². The van der Waals surface area contributed by atoms with Gasteiger partial charge in [0, 0.05) is 0 Å². The van der Waals surface area contributed by atoms with Crippen LogP contribution in [0.3, 0.4) is 0 Å². The highest BCUT2D eigenvalue weighted by molar-refractivity contribution is 6.00. The molecular weight excluding hydrogens is 310 g/mol. The van der Waals surface area contributed by atoms with Crippen LogP contribution in [0.4, 0.5) is 5.82 Å². The van der Waals surface area contributed by atoms with Crippen LogP contribution in [0.2, 0.25) is 0 Å². The maximum Gasteiger partial charge on any atom is 0.233 e. The molecule has 0 fully saturated rings. The molecule has 0 saturated heterocycles. The second kappa shape index (κ2) is 8.47. The Bertz CT molecular complexity index is 729. The van der Waals surface area contributed by atoms with Crippen LogP contribution in [0.25, 0.3) is 0 Å². The number of ether oxygens (including phenoxy) is 1. The first-order chi connectivity index (χ1) is 11.7. The van der Waals surface area contributed by atoms with E-state index >= 15 is 0 Å². The number of hydrogen-bond donors (Lipinski definition) is 1. The lowest BCUT2D eigenvalue weighted by Crippen LogP contribution is -2.03. The lowest BCUT2D eigenvalue weighted by Gasteiger charge is -2.09. The summed E-state index contributed by atoms with van der Waals surface area (Å²) in [5.41, 5.74) is 8.07. The maximum absolute atomic E-state index is 5.82. The van der Waals surface area contributed by atoms with E-state index in [2.05, 4.69) is 25.1 Å². The van der Waals surface area contributed by atoms with E-state index < -0.39 is 0 Å². The summed E-state index contributed by atoms with van der Waals surface area (Å²) in [6.07, 6.45) is 3.48. The molecule has 0 atom stereocenters. The highest BCUT2D eigenvalue weighted by Gasteiger charge is 2.10. The Morgan fingerprint density at radius 1 is 1.17 bits per heavy atom. The molecule has 0 amide bonds. The Kier molecular flexibility index (Phi) is 6.07. The smallest absolute Gasteiger partial charge is 0.233 e. The minimum atomic E-state index is 0.248. The average Bonchev–Trinajstić information content (AvgIpc) is 2.60. The molecule has 0 aliphatic carbocycles. The van der Waals surface area contributed by atoms with Gasteiger partial charge in [0.25, 0.3) is 0 Å². The Morgan fingerprint density at radius 2 is 1.92 bits per heavy atom. The van der Waals surface area contributed by atoms with Gasteiger partial charge in [0.1, 0.15) is 37.7 Å². The zero-order valence-electron chi connectivity index (χ0n) is 13.8. The summed E-state index contributed by atoms with van der Waals surface area (Å²) in [6, 6.07) is 7.41. The Morgan fingerprint density at radius 3 is 2.54 bits per heavy atom. The first-order valence-corrected chi connectivity index (χ1v) is 7.24. The number of hydrogen-bond acceptors (Lipinski definition) is 8. The van der Waals surface area contributed by atoms with E-state index in [9.17, 15) is 0 Å². The summed E-state index contributed by atoms with van der Waals surface area (Å²) in [5, 5.41) is 7.67. The van der Waals surface area contributed by atoms with Gasteiger partial charge in [-0.05, 0) is 36.2 Å². The molecular formula is C16H19N5O3. The van der Waals surface area contributed by atoms with Crippen molar-refractivity contribution < 1.29 is 14.4 Å². The van der Waals surface area contributed by atoms with E-state index in [1.807, 2.05) is 31.2 Å². The summed E-state index contributed by atoms with van der Waals surface area (Å²) < 4.78 is 5.77. The Balaban J connectivity index is 2.25. The van der Waals surface area contributed by atoms with Crippen LogP contribution in [0.15, 0.2) is 40.9 Å². The van der Waals surface area contributed by atoms with Gasteiger partial charge < -0.3 is 20.1 Å². The molecule has 126 valence electrons.